The topological polar surface area (TPSA) is 50.4 Å². The van der Waals surface area contributed by atoms with Crippen LogP contribution in [0.15, 0.2) is 18.2 Å². The van der Waals surface area contributed by atoms with Crippen LogP contribution in [0, 0.1) is 5.92 Å². The number of methoxy groups -OCH3 is 1. The maximum atomic E-state index is 11.8. The summed E-state index contributed by atoms with van der Waals surface area (Å²) in [6, 6.07) is 5.62. The average Bonchev–Trinajstić information content (AvgIpc) is 3.00. The Kier molecular flexibility index (Phi) is 8.61. The number of amides is 1. The zero-order valence-electron chi connectivity index (χ0n) is 12.9. The highest BCUT2D eigenvalue weighted by Gasteiger charge is 2.15. The lowest BCUT2D eigenvalue weighted by Crippen LogP contribution is -2.26. The molecule has 0 aliphatic carbocycles. The Bertz CT molecular complexity index is 477. The quantitative estimate of drug-likeness (QED) is 0.798. The van der Waals surface area contributed by atoms with Crippen LogP contribution in [0.1, 0.15) is 24.8 Å². The predicted octanol–water partition coefficient (Wildman–Crippen LogP) is 2.82. The van der Waals surface area contributed by atoms with Crippen molar-refractivity contribution in [1.29, 1.82) is 0 Å². The van der Waals surface area contributed by atoms with Crippen molar-refractivity contribution in [2.75, 3.05) is 26.7 Å². The van der Waals surface area contributed by atoms with E-state index in [1.54, 1.807) is 13.2 Å². The fourth-order valence-electron chi connectivity index (χ4n) is 2.58. The molecule has 1 fully saturated rings. The van der Waals surface area contributed by atoms with Gasteiger partial charge in [0.05, 0.1) is 7.11 Å². The normalized spacial score (nSPS) is 16.9. The van der Waals surface area contributed by atoms with Crippen molar-refractivity contribution in [3.63, 3.8) is 0 Å². The van der Waals surface area contributed by atoms with Crippen LogP contribution in [-0.2, 0) is 11.2 Å². The first kappa shape index (κ1) is 19.1. The maximum absolute atomic E-state index is 11.8. The summed E-state index contributed by atoms with van der Waals surface area (Å²) in [6.07, 6.45) is 3.51. The highest BCUT2D eigenvalue weighted by molar-refractivity contribution is 6.31. The molecule has 2 rings (SSSR count). The number of nitrogens with one attached hydrogen (secondary N) is 2. The van der Waals surface area contributed by atoms with Gasteiger partial charge in [0.15, 0.2) is 0 Å². The largest absolute Gasteiger partial charge is 0.497 e. The molecule has 1 aromatic carbocycles. The summed E-state index contributed by atoms with van der Waals surface area (Å²) >= 11 is 6.17. The van der Waals surface area contributed by atoms with Gasteiger partial charge in [-0.05, 0) is 56.0 Å². The average molecular weight is 347 g/mol. The van der Waals surface area contributed by atoms with Crippen molar-refractivity contribution >= 4 is 29.9 Å². The zero-order chi connectivity index (χ0) is 15.1. The molecule has 1 atom stereocenters. The van der Waals surface area contributed by atoms with Gasteiger partial charge in [-0.25, -0.2) is 0 Å². The van der Waals surface area contributed by atoms with Crippen LogP contribution >= 0.6 is 24.0 Å². The first-order chi connectivity index (χ1) is 10.2. The molecule has 1 amide bonds. The molecule has 0 spiro atoms. The van der Waals surface area contributed by atoms with Gasteiger partial charge in [-0.15, -0.1) is 12.4 Å². The van der Waals surface area contributed by atoms with E-state index in [1.807, 2.05) is 12.1 Å². The summed E-state index contributed by atoms with van der Waals surface area (Å²) in [5.41, 5.74) is 1.03. The van der Waals surface area contributed by atoms with Gasteiger partial charge in [0, 0.05) is 18.0 Å². The Hall–Kier alpha value is -0.970. The lowest BCUT2D eigenvalue weighted by atomic mass is 10.0. The molecule has 1 aromatic rings. The lowest BCUT2D eigenvalue weighted by Gasteiger charge is -2.10. The Labute approximate surface area is 143 Å². The molecule has 0 aromatic heterocycles. The third kappa shape index (κ3) is 6.03. The molecule has 1 heterocycles. The molecule has 0 radical (unpaired) electrons. The first-order valence-electron chi connectivity index (χ1n) is 7.49. The number of rotatable bonds is 7. The van der Waals surface area contributed by atoms with Gasteiger partial charge >= 0.3 is 0 Å². The number of carbonyl (C=O) groups is 1. The van der Waals surface area contributed by atoms with Gasteiger partial charge < -0.3 is 15.4 Å². The van der Waals surface area contributed by atoms with Crippen LogP contribution in [0.2, 0.25) is 5.02 Å². The SMILES string of the molecule is COc1ccc(CCNC(=O)CCC2CCNC2)c(Cl)c1.Cl. The summed E-state index contributed by atoms with van der Waals surface area (Å²) < 4.78 is 5.11. The van der Waals surface area contributed by atoms with E-state index in [4.69, 9.17) is 16.3 Å². The smallest absolute Gasteiger partial charge is 0.220 e. The van der Waals surface area contributed by atoms with Gasteiger partial charge in [-0.3, -0.25) is 4.79 Å². The third-order valence-corrected chi connectivity index (χ3v) is 4.27. The van der Waals surface area contributed by atoms with E-state index >= 15 is 0 Å². The highest BCUT2D eigenvalue weighted by Crippen LogP contribution is 2.22. The standard InChI is InChI=1S/C16H23ClN2O2.ClH/c1-21-14-4-3-13(15(17)10-14)7-9-19-16(20)5-2-12-6-8-18-11-12;/h3-4,10,12,18H,2,5-9,11H2,1H3,(H,19,20);1H. The summed E-state index contributed by atoms with van der Waals surface area (Å²) in [5.74, 6) is 1.54. The Morgan fingerprint density at radius 1 is 1.50 bits per heavy atom. The van der Waals surface area contributed by atoms with E-state index in [2.05, 4.69) is 10.6 Å². The monoisotopic (exact) mass is 346 g/mol. The highest BCUT2D eigenvalue weighted by atomic mass is 35.5. The summed E-state index contributed by atoms with van der Waals surface area (Å²) in [4.78, 5) is 11.8. The Morgan fingerprint density at radius 3 is 2.95 bits per heavy atom. The number of hydrogen-bond donors (Lipinski definition) is 2. The minimum atomic E-state index is 0. The minimum absolute atomic E-state index is 0. The molecule has 6 heteroatoms. The van der Waals surface area contributed by atoms with Gasteiger partial charge in [0.1, 0.15) is 5.75 Å². The Morgan fingerprint density at radius 2 is 2.32 bits per heavy atom. The van der Waals surface area contributed by atoms with E-state index in [0.717, 1.165) is 37.2 Å². The number of halogens is 2. The molecule has 0 bridgehead atoms. The maximum Gasteiger partial charge on any atom is 0.220 e. The molecule has 0 saturated carbocycles. The van der Waals surface area contributed by atoms with E-state index < -0.39 is 0 Å². The van der Waals surface area contributed by atoms with Gasteiger partial charge in [-0.1, -0.05) is 17.7 Å². The van der Waals surface area contributed by atoms with Crippen LogP contribution in [0.25, 0.3) is 0 Å². The molecule has 1 aliphatic rings. The van der Waals surface area contributed by atoms with Crippen molar-refractivity contribution in [1.82, 2.24) is 10.6 Å². The first-order valence-corrected chi connectivity index (χ1v) is 7.86. The van der Waals surface area contributed by atoms with E-state index in [0.29, 0.717) is 23.9 Å². The van der Waals surface area contributed by atoms with Crippen molar-refractivity contribution in [2.24, 2.45) is 5.92 Å². The third-order valence-electron chi connectivity index (χ3n) is 3.92. The van der Waals surface area contributed by atoms with Crippen LogP contribution in [0.5, 0.6) is 5.75 Å². The van der Waals surface area contributed by atoms with Crippen molar-refractivity contribution in [3.8, 4) is 5.75 Å². The molecule has 1 saturated heterocycles. The van der Waals surface area contributed by atoms with Gasteiger partial charge in [-0.2, -0.15) is 0 Å². The molecule has 4 nitrogen and oxygen atoms in total. The van der Waals surface area contributed by atoms with E-state index in [-0.39, 0.29) is 18.3 Å². The second kappa shape index (κ2) is 9.93. The Balaban J connectivity index is 0.00000242. The molecule has 1 unspecified atom stereocenters. The number of hydrogen-bond acceptors (Lipinski definition) is 3. The van der Waals surface area contributed by atoms with E-state index in [9.17, 15) is 4.79 Å². The van der Waals surface area contributed by atoms with Crippen LogP contribution in [0.3, 0.4) is 0 Å². The van der Waals surface area contributed by atoms with Crippen molar-refractivity contribution in [2.45, 2.75) is 25.7 Å². The van der Waals surface area contributed by atoms with Crippen LogP contribution in [0.4, 0.5) is 0 Å². The second-order valence-electron chi connectivity index (χ2n) is 5.45. The van der Waals surface area contributed by atoms with Crippen molar-refractivity contribution in [3.05, 3.63) is 28.8 Å². The van der Waals surface area contributed by atoms with Crippen LogP contribution in [-0.4, -0.2) is 32.7 Å². The zero-order valence-corrected chi connectivity index (χ0v) is 14.4. The lowest BCUT2D eigenvalue weighted by molar-refractivity contribution is -0.121. The number of ether oxygens (including phenoxy) is 1. The summed E-state index contributed by atoms with van der Waals surface area (Å²) in [7, 11) is 1.62. The van der Waals surface area contributed by atoms with Gasteiger partial charge in [0.2, 0.25) is 5.91 Å². The van der Waals surface area contributed by atoms with Crippen LogP contribution < -0.4 is 15.4 Å². The molecule has 2 N–H and O–H groups in total. The predicted molar refractivity (Wildman–Crippen MR) is 92.2 cm³/mol. The second-order valence-corrected chi connectivity index (χ2v) is 5.86. The summed E-state index contributed by atoms with van der Waals surface area (Å²) in [5, 5.41) is 6.96. The fraction of sp³-hybridized carbons (Fsp3) is 0.562. The molecular weight excluding hydrogens is 323 g/mol. The minimum Gasteiger partial charge on any atom is -0.497 e. The molecular formula is C16H24Cl2N2O2. The summed E-state index contributed by atoms with van der Waals surface area (Å²) in [6.45, 7) is 2.75. The van der Waals surface area contributed by atoms with Gasteiger partial charge in [0.25, 0.3) is 0 Å². The number of carbonyl (C=O) groups excluding carboxylic acids is 1. The number of benzene rings is 1. The van der Waals surface area contributed by atoms with Crippen molar-refractivity contribution < 1.29 is 9.53 Å². The molecule has 124 valence electrons. The molecule has 22 heavy (non-hydrogen) atoms. The van der Waals surface area contributed by atoms with E-state index in [1.165, 1.54) is 6.42 Å². The fourth-order valence-corrected chi connectivity index (χ4v) is 2.84. The molecule has 1 aliphatic heterocycles.